The molecule has 1 aliphatic heterocycles. The average Bonchev–Trinajstić information content (AvgIpc) is 3.17. The molecular formula is C21H15BrCl2N4O2S. The molecule has 158 valence electrons. The lowest BCUT2D eigenvalue weighted by Crippen LogP contribution is -2.23. The number of aliphatic imine (C=N–C) groups is 1. The lowest BCUT2D eigenvalue weighted by molar-refractivity contribution is -0.121. The highest BCUT2D eigenvalue weighted by Crippen LogP contribution is 2.38. The molecule has 1 aliphatic rings. The molecule has 1 fully saturated rings. The van der Waals surface area contributed by atoms with E-state index in [1.54, 1.807) is 35.9 Å². The van der Waals surface area contributed by atoms with E-state index in [0.717, 1.165) is 20.9 Å². The Morgan fingerprint density at radius 3 is 2.81 bits per heavy atom. The maximum Gasteiger partial charge on any atom is 0.266 e. The van der Waals surface area contributed by atoms with Crippen LogP contribution in [-0.4, -0.2) is 33.5 Å². The summed E-state index contributed by atoms with van der Waals surface area (Å²) in [6, 6.07) is 10.9. The number of halogens is 3. The van der Waals surface area contributed by atoms with Crippen molar-refractivity contribution >= 4 is 90.5 Å². The number of amides is 2. The van der Waals surface area contributed by atoms with Crippen molar-refractivity contribution in [2.75, 3.05) is 7.05 Å². The minimum Gasteiger partial charge on any atom is -0.368 e. The lowest BCUT2D eigenvalue weighted by atomic mass is 10.1. The average molecular weight is 538 g/mol. The number of amidine groups is 1. The van der Waals surface area contributed by atoms with Crippen molar-refractivity contribution in [3.8, 4) is 0 Å². The van der Waals surface area contributed by atoms with Gasteiger partial charge < -0.3 is 10.3 Å². The zero-order valence-corrected chi connectivity index (χ0v) is 20.0. The van der Waals surface area contributed by atoms with E-state index < -0.39 is 5.91 Å². The van der Waals surface area contributed by atoms with Gasteiger partial charge in [-0.25, -0.2) is 4.99 Å². The van der Waals surface area contributed by atoms with E-state index in [2.05, 4.69) is 20.9 Å². The Morgan fingerprint density at radius 1 is 1.29 bits per heavy atom. The van der Waals surface area contributed by atoms with Gasteiger partial charge in [-0.2, -0.15) is 0 Å². The Kier molecular flexibility index (Phi) is 6.16. The highest BCUT2D eigenvalue weighted by molar-refractivity contribution is 9.10. The summed E-state index contributed by atoms with van der Waals surface area (Å²) in [5, 5.41) is 2.10. The molecule has 0 saturated carbocycles. The molecule has 2 N–H and O–H groups in total. The van der Waals surface area contributed by atoms with Gasteiger partial charge in [0, 0.05) is 34.2 Å². The minimum absolute atomic E-state index is 0.0439. The van der Waals surface area contributed by atoms with E-state index in [9.17, 15) is 9.59 Å². The van der Waals surface area contributed by atoms with Crippen LogP contribution in [0.4, 0.5) is 5.69 Å². The van der Waals surface area contributed by atoms with Crippen molar-refractivity contribution < 1.29 is 9.59 Å². The van der Waals surface area contributed by atoms with Crippen LogP contribution in [0.5, 0.6) is 0 Å². The predicted molar refractivity (Wildman–Crippen MR) is 131 cm³/mol. The zero-order chi connectivity index (χ0) is 22.3. The lowest BCUT2D eigenvalue weighted by Gasteiger charge is -2.08. The molecule has 2 amide bonds. The Bertz CT molecular complexity index is 1300. The second-order valence-electron chi connectivity index (χ2n) is 6.78. The van der Waals surface area contributed by atoms with E-state index in [1.807, 2.05) is 24.4 Å². The van der Waals surface area contributed by atoms with Gasteiger partial charge in [0.2, 0.25) is 5.91 Å². The monoisotopic (exact) mass is 536 g/mol. The molecule has 1 aromatic heterocycles. The summed E-state index contributed by atoms with van der Waals surface area (Å²) in [5.41, 5.74) is 7.51. The van der Waals surface area contributed by atoms with E-state index in [0.29, 0.717) is 25.8 Å². The number of rotatable bonds is 4. The second kappa shape index (κ2) is 8.70. The first-order valence-corrected chi connectivity index (χ1v) is 11.4. The molecule has 31 heavy (non-hydrogen) atoms. The van der Waals surface area contributed by atoms with Gasteiger partial charge in [0.15, 0.2) is 5.17 Å². The fraction of sp³-hybridized carbons (Fsp3) is 0.0952. The molecule has 0 radical (unpaired) electrons. The number of aromatic nitrogens is 1. The van der Waals surface area contributed by atoms with Crippen LogP contribution in [0.15, 0.2) is 57.0 Å². The fourth-order valence-corrected chi connectivity index (χ4v) is 4.85. The number of likely N-dealkylation sites (N-methyl/N-ethyl adjacent to an activating group) is 1. The molecule has 2 aromatic carbocycles. The highest BCUT2D eigenvalue weighted by atomic mass is 79.9. The number of carbonyl (C=O) groups excluding carboxylic acids is 2. The first kappa shape index (κ1) is 22.0. The standard InChI is InChI=1S/C21H15BrCl2N4O2S/c1-27-20(30)17(31-21(27)26-15-4-2-3-14(23)19(15)24)7-11-9-28(10-18(25)29)16-6-5-12(22)8-13(11)16/h2-9H,10H2,1H3,(H2,25,29). The van der Waals surface area contributed by atoms with Gasteiger partial charge in [-0.15, -0.1) is 0 Å². The number of thioether (sulfide) groups is 1. The van der Waals surface area contributed by atoms with Crippen LogP contribution in [0.1, 0.15) is 5.56 Å². The van der Waals surface area contributed by atoms with Gasteiger partial charge in [0.05, 0.1) is 20.6 Å². The van der Waals surface area contributed by atoms with Crippen molar-refractivity contribution in [2.45, 2.75) is 6.54 Å². The van der Waals surface area contributed by atoms with Gasteiger partial charge in [-0.3, -0.25) is 14.5 Å². The topological polar surface area (TPSA) is 80.7 Å². The second-order valence-corrected chi connectivity index (χ2v) is 9.49. The van der Waals surface area contributed by atoms with E-state index >= 15 is 0 Å². The quantitative estimate of drug-likeness (QED) is 0.450. The van der Waals surface area contributed by atoms with Gasteiger partial charge in [-0.1, -0.05) is 45.2 Å². The SMILES string of the molecule is CN1C(=O)C(=Cc2cn(CC(N)=O)c3ccc(Br)cc23)SC1=Nc1cccc(Cl)c1Cl. The van der Waals surface area contributed by atoms with Crippen molar-refractivity contribution in [3.05, 3.63) is 67.6 Å². The zero-order valence-electron chi connectivity index (χ0n) is 16.1. The van der Waals surface area contributed by atoms with E-state index in [4.69, 9.17) is 28.9 Å². The number of benzene rings is 2. The van der Waals surface area contributed by atoms with Crippen molar-refractivity contribution in [1.82, 2.24) is 9.47 Å². The molecule has 0 unspecified atom stereocenters. The summed E-state index contributed by atoms with van der Waals surface area (Å²) >= 11 is 17.0. The Labute approximate surface area is 200 Å². The van der Waals surface area contributed by atoms with Crippen molar-refractivity contribution in [2.24, 2.45) is 10.7 Å². The van der Waals surface area contributed by atoms with E-state index in [-0.39, 0.29) is 12.5 Å². The Morgan fingerprint density at radius 2 is 2.06 bits per heavy atom. The molecule has 1 saturated heterocycles. The molecule has 10 heteroatoms. The molecule has 0 bridgehead atoms. The number of nitrogens with two attached hydrogens (primary N) is 1. The van der Waals surface area contributed by atoms with Crippen LogP contribution in [0, 0.1) is 0 Å². The van der Waals surface area contributed by atoms with Gasteiger partial charge in [0.25, 0.3) is 5.91 Å². The molecule has 3 aromatic rings. The molecule has 0 spiro atoms. The first-order chi connectivity index (χ1) is 14.7. The fourth-order valence-electron chi connectivity index (χ4n) is 3.19. The van der Waals surface area contributed by atoms with Gasteiger partial charge in [-0.05, 0) is 48.2 Å². The smallest absolute Gasteiger partial charge is 0.266 e. The number of nitrogens with zero attached hydrogens (tertiary/aromatic N) is 3. The molecule has 6 nitrogen and oxygen atoms in total. The molecule has 0 aliphatic carbocycles. The number of fused-ring (bicyclic) bond motifs is 1. The Hall–Kier alpha value is -2.26. The van der Waals surface area contributed by atoms with E-state index in [1.165, 1.54) is 16.7 Å². The maximum absolute atomic E-state index is 12.9. The van der Waals surface area contributed by atoms with Crippen LogP contribution in [0.25, 0.3) is 17.0 Å². The van der Waals surface area contributed by atoms with Crippen LogP contribution in [0.3, 0.4) is 0 Å². The van der Waals surface area contributed by atoms with Crippen molar-refractivity contribution in [3.63, 3.8) is 0 Å². The summed E-state index contributed by atoms with van der Waals surface area (Å²) in [5.74, 6) is -0.634. The number of hydrogen-bond acceptors (Lipinski definition) is 4. The third-order valence-electron chi connectivity index (χ3n) is 4.64. The summed E-state index contributed by atoms with van der Waals surface area (Å²) in [7, 11) is 1.65. The van der Waals surface area contributed by atoms with Crippen LogP contribution in [0.2, 0.25) is 10.0 Å². The summed E-state index contributed by atoms with van der Waals surface area (Å²) in [6.45, 7) is 0.0439. The summed E-state index contributed by atoms with van der Waals surface area (Å²) in [6.07, 6.45) is 3.60. The predicted octanol–water partition coefficient (Wildman–Crippen LogP) is 5.43. The summed E-state index contributed by atoms with van der Waals surface area (Å²) in [4.78, 5) is 30.8. The van der Waals surface area contributed by atoms with Crippen LogP contribution in [-0.2, 0) is 16.1 Å². The third kappa shape index (κ3) is 4.39. The van der Waals surface area contributed by atoms with Gasteiger partial charge >= 0.3 is 0 Å². The highest BCUT2D eigenvalue weighted by Gasteiger charge is 2.31. The number of carbonyl (C=O) groups is 2. The normalized spacial score (nSPS) is 16.8. The van der Waals surface area contributed by atoms with Crippen LogP contribution < -0.4 is 5.73 Å². The van der Waals surface area contributed by atoms with Crippen molar-refractivity contribution in [1.29, 1.82) is 0 Å². The van der Waals surface area contributed by atoms with Gasteiger partial charge in [0.1, 0.15) is 6.54 Å². The van der Waals surface area contributed by atoms with Crippen LogP contribution >= 0.6 is 50.9 Å². The summed E-state index contributed by atoms with van der Waals surface area (Å²) < 4.78 is 2.65. The maximum atomic E-state index is 12.9. The Balaban J connectivity index is 1.76. The first-order valence-electron chi connectivity index (χ1n) is 9.01. The largest absolute Gasteiger partial charge is 0.368 e. The molecule has 4 rings (SSSR count). The molecular weight excluding hydrogens is 523 g/mol. The third-order valence-corrected chi connectivity index (χ3v) is 7.00. The molecule has 2 heterocycles. The molecule has 0 atom stereocenters. The minimum atomic E-state index is -0.446. The number of hydrogen-bond donors (Lipinski definition) is 1. The number of primary amides is 1.